The number of nitrogen functional groups attached to an aromatic ring is 2. The van der Waals surface area contributed by atoms with E-state index < -0.39 is 57.4 Å². The molecule has 0 saturated carbocycles. The lowest BCUT2D eigenvalue weighted by Gasteiger charge is -2.39. The lowest BCUT2D eigenvalue weighted by atomic mass is 9.67. The van der Waals surface area contributed by atoms with Crippen molar-refractivity contribution in [3.05, 3.63) is 92.3 Å². The van der Waals surface area contributed by atoms with Crippen LogP contribution in [-0.2, 0) is 5.41 Å². The quantitative estimate of drug-likeness (QED) is 0.142. The van der Waals surface area contributed by atoms with Crippen LogP contribution in [0.5, 0.6) is 0 Å². The van der Waals surface area contributed by atoms with Crippen molar-refractivity contribution < 1.29 is 35.1 Å². The Kier molecular flexibility index (Phi) is 6.09. The van der Waals surface area contributed by atoms with Gasteiger partial charge in [0.25, 0.3) is 0 Å². The van der Waals surface area contributed by atoms with Crippen molar-refractivity contribution in [1.29, 1.82) is 0 Å². The highest BCUT2D eigenvalue weighted by molar-refractivity contribution is 5.64. The number of anilines is 2. The van der Waals surface area contributed by atoms with Gasteiger partial charge in [0.2, 0.25) is 5.82 Å². The maximum absolute atomic E-state index is 15.1. The molecule has 0 spiro atoms. The second kappa shape index (κ2) is 8.18. The molecule has 10 heteroatoms. The van der Waals surface area contributed by atoms with Crippen LogP contribution in [0.1, 0.15) is 38.9 Å². The molecule has 0 saturated heterocycles. The van der Waals surface area contributed by atoms with Gasteiger partial charge in [-0.1, -0.05) is 24.3 Å². The number of benzene rings is 3. The van der Waals surface area contributed by atoms with Gasteiger partial charge >= 0.3 is 6.18 Å². The van der Waals surface area contributed by atoms with E-state index in [0.29, 0.717) is 0 Å². The Morgan fingerprint density at radius 2 is 0.794 bits per heavy atom. The van der Waals surface area contributed by atoms with Gasteiger partial charge in [-0.15, -0.1) is 0 Å². The maximum atomic E-state index is 15.1. The molecule has 0 bridgehead atoms. The van der Waals surface area contributed by atoms with Crippen molar-refractivity contribution in [2.75, 3.05) is 11.5 Å². The topological polar surface area (TPSA) is 52.0 Å². The highest BCUT2D eigenvalue weighted by atomic mass is 19.4. The third-order valence-corrected chi connectivity index (χ3v) is 6.06. The van der Waals surface area contributed by atoms with Crippen molar-refractivity contribution in [3.63, 3.8) is 0 Å². The Morgan fingerprint density at radius 3 is 1.06 bits per heavy atom. The van der Waals surface area contributed by atoms with Crippen molar-refractivity contribution in [3.8, 4) is 0 Å². The molecule has 2 nitrogen and oxygen atoms in total. The van der Waals surface area contributed by atoms with E-state index in [0.717, 1.165) is 24.3 Å². The third kappa shape index (κ3) is 3.47. The number of alkyl halides is 3. The van der Waals surface area contributed by atoms with Crippen molar-refractivity contribution in [2.24, 2.45) is 0 Å². The molecule has 4 N–H and O–H groups in total. The van der Waals surface area contributed by atoms with Gasteiger partial charge in [-0.3, -0.25) is 0 Å². The van der Waals surface area contributed by atoms with Crippen LogP contribution in [0.3, 0.4) is 0 Å². The predicted molar refractivity (Wildman–Crippen MR) is 113 cm³/mol. The summed E-state index contributed by atoms with van der Waals surface area (Å²) in [5.74, 6) is -12.7. The number of rotatable bonds is 3. The smallest absolute Gasteiger partial charge is 0.398 e. The fourth-order valence-electron chi connectivity index (χ4n) is 4.24. The van der Waals surface area contributed by atoms with Gasteiger partial charge in [0.05, 0.1) is 5.56 Å². The summed E-state index contributed by atoms with van der Waals surface area (Å²) in [6.45, 7) is 5.46. The summed E-state index contributed by atoms with van der Waals surface area (Å²) >= 11 is 0. The first-order valence-corrected chi connectivity index (χ1v) is 9.90. The van der Waals surface area contributed by atoms with E-state index in [9.17, 15) is 13.2 Å². The predicted octanol–water partition coefficient (Wildman–Crippen LogP) is 6.68. The van der Waals surface area contributed by atoms with E-state index in [2.05, 4.69) is 0 Å². The molecule has 0 aliphatic carbocycles. The van der Waals surface area contributed by atoms with Gasteiger partial charge in [-0.25, -0.2) is 22.0 Å². The monoisotopic (exact) mass is 488 g/mol. The molecule has 0 fully saturated rings. The number of aryl methyl sites for hydroxylation is 4. The van der Waals surface area contributed by atoms with Gasteiger partial charge in [0.1, 0.15) is 5.41 Å². The lowest BCUT2D eigenvalue weighted by molar-refractivity contribution is -0.168. The molecule has 3 aromatic rings. The number of halogens is 8. The highest BCUT2D eigenvalue weighted by Crippen LogP contribution is 2.54. The summed E-state index contributed by atoms with van der Waals surface area (Å²) in [5, 5.41) is 0. The van der Waals surface area contributed by atoms with Crippen molar-refractivity contribution >= 4 is 11.4 Å². The zero-order valence-corrected chi connectivity index (χ0v) is 18.5. The minimum absolute atomic E-state index is 0.113. The minimum atomic E-state index is -5.57. The van der Waals surface area contributed by atoms with Crippen LogP contribution in [0.2, 0.25) is 0 Å². The van der Waals surface area contributed by atoms with E-state index >= 15 is 22.0 Å². The van der Waals surface area contributed by atoms with Gasteiger partial charge in [0, 0.05) is 11.4 Å². The fraction of sp³-hybridized carbons (Fsp3) is 0.250. The van der Waals surface area contributed by atoms with Gasteiger partial charge < -0.3 is 11.5 Å². The van der Waals surface area contributed by atoms with Gasteiger partial charge in [0.15, 0.2) is 23.3 Å². The van der Waals surface area contributed by atoms with E-state index in [-0.39, 0.29) is 33.6 Å². The van der Waals surface area contributed by atoms with Crippen LogP contribution in [0.15, 0.2) is 24.3 Å². The fourth-order valence-corrected chi connectivity index (χ4v) is 4.24. The average molecular weight is 488 g/mol. The molecule has 0 heterocycles. The number of nitrogens with two attached hydrogens (primary N) is 2. The third-order valence-electron chi connectivity index (χ3n) is 6.06. The van der Waals surface area contributed by atoms with E-state index in [4.69, 9.17) is 11.5 Å². The number of hydrogen-bond donors (Lipinski definition) is 2. The molecular weight excluding hydrogens is 468 g/mol. The summed E-state index contributed by atoms with van der Waals surface area (Å²) < 4.78 is 118. The second-order valence-electron chi connectivity index (χ2n) is 8.24. The summed E-state index contributed by atoms with van der Waals surface area (Å²) in [6.07, 6.45) is -5.57. The molecule has 0 aliphatic heterocycles. The number of hydrogen-bond acceptors (Lipinski definition) is 2. The maximum Gasteiger partial charge on any atom is 0.406 e. The van der Waals surface area contributed by atoms with Crippen LogP contribution in [-0.4, -0.2) is 6.18 Å². The molecule has 0 aromatic heterocycles. The Morgan fingerprint density at radius 1 is 0.529 bits per heavy atom. The zero-order chi connectivity index (χ0) is 25.9. The molecule has 0 atom stereocenters. The molecule has 182 valence electrons. The van der Waals surface area contributed by atoms with E-state index in [1.807, 2.05) is 0 Å². The molecule has 3 rings (SSSR count). The zero-order valence-electron chi connectivity index (χ0n) is 18.5. The molecule has 0 amide bonds. The first-order chi connectivity index (χ1) is 15.6. The standard InChI is InChI=1S/C24H20F8N2/c1-9-5-13(6-10(2)21(9)33)23(24(30,31)32,14-7-11(3)22(34)12(4)8-14)15-16(25)18(27)20(29)19(28)17(15)26/h5-8H,33-34H2,1-4H3. The van der Waals surface area contributed by atoms with Crippen molar-refractivity contribution in [1.82, 2.24) is 0 Å². The first kappa shape index (κ1) is 25.3. The molecule has 0 unspecified atom stereocenters. The molecule has 34 heavy (non-hydrogen) atoms. The van der Waals surface area contributed by atoms with E-state index in [1.165, 1.54) is 27.7 Å². The average Bonchev–Trinajstić information content (AvgIpc) is 2.74. The SMILES string of the molecule is Cc1cc(C(c2cc(C)c(N)c(C)c2)(c2c(F)c(F)c(F)c(F)c2F)C(F)(F)F)cc(C)c1N. The van der Waals surface area contributed by atoms with Crippen LogP contribution >= 0.6 is 0 Å². The Bertz CT molecular complexity index is 1180. The van der Waals surface area contributed by atoms with Crippen molar-refractivity contribution in [2.45, 2.75) is 39.3 Å². The Labute approximate surface area is 190 Å². The molecule has 0 radical (unpaired) electrons. The van der Waals surface area contributed by atoms with Crippen LogP contribution in [0.25, 0.3) is 0 Å². The summed E-state index contributed by atoms with van der Waals surface area (Å²) in [7, 11) is 0. The lowest BCUT2D eigenvalue weighted by Crippen LogP contribution is -2.47. The summed E-state index contributed by atoms with van der Waals surface area (Å²) in [5.41, 5.74) is 5.07. The Hall–Kier alpha value is -3.30. The molecule has 3 aromatic carbocycles. The summed E-state index contributed by atoms with van der Waals surface area (Å²) in [6, 6.07) is 3.70. The van der Waals surface area contributed by atoms with Gasteiger partial charge in [-0.05, 0) is 61.1 Å². The second-order valence-corrected chi connectivity index (χ2v) is 8.24. The first-order valence-electron chi connectivity index (χ1n) is 9.90. The normalized spacial score (nSPS) is 12.4. The minimum Gasteiger partial charge on any atom is -0.398 e. The largest absolute Gasteiger partial charge is 0.406 e. The highest BCUT2D eigenvalue weighted by Gasteiger charge is 2.62. The van der Waals surface area contributed by atoms with Crippen LogP contribution in [0.4, 0.5) is 46.5 Å². The Balaban J connectivity index is 2.73. The molecular formula is C24H20F8N2. The molecule has 0 aliphatic rings. The van der Waals surface area contributed by atoms with Crippen LogP contribution < -0.4 is 11.5 Å². The van der Waals surface area contributed by atoms with E-state index in [1.54, 1.807) is 0 Å². The van der Waals surface area contributed by atoms with Gasteiger partial charge in [-0.2, -0.15) is 13.2 Å². The summed E-state index contributed by atoms with van der Waals surface area (Å²) in [4.78, 5) is 0. The van der Waals surface area contributed by atoms with Crippen LogP contribution in [0, 0.1) is 56.8 Å².